The molecule has 0 bridgehead atoms. The molecule has 3 aromatic rings. The Morgan fingerprint density at radius 3 is 2.61 bits per heavy atom. The van der Waals surface area contributed by atoms with Gasteiger partial charge in [-0.2, -0.15) is 0 Å². The van der Waals surface area contributed by atoms with Gasteiger partial charge in [0.2, 0.25) is 5.91 Å². The first-order chi connectivity index (χ1) is 16.0. The summed E-state index contributed by atoms with van der Waals surface area (Å²) in [5.74, 6) is -0.499. The third-order valence-electron chi connectivity index (χ3n) is 6.14. The van der Waals surface area contributed by atoms with Crippen molar-refractivity contribution in [3.63, 3.8) is 0 Å². The van der Waals surface area contributed by atoms with Crippen molar-refractivity contribution in [1.82, 2.24) is 15.2 Å². The monoisotopic (exact) mass is 445 g/mol. The number of halogens is 1. The zero-order valence-corrected chi connectivity index (χ0v) is 18.7. The molecule has 1 N–H and O–H groups in total. The molecule has 33 heavy (non-hydrogen) atoms. The maximum atomic E-state index is 13.4. The number of nitrogens with one attached hydrogen (secondary N) is 1. The molecule has 1 aliphatic rings. The largest absolute Gasteiger partial charge is 0.349 e. The topological polar surface area (TPSA) is 62.3 Å². The second-order valence-electron chi connectivity index (χ2n) is 8.66. The first kappa shape index (κ1) is 22.6. The van der Waals surface area contributed by atoms with Gasteiger partial charge in [-0.15, -0.1) is 0 Å². The van der Waals surface area contributed by atoms with Gasteiger partial charge in [0.1, 0.15) is 5.82 Å². The number of amides is 2. The maximum absolute atomic E-state index is 13.4. The van der Waals surface area contributed by atoms with Gasteiger partial charge in [-0.25, -0.2) is 4.39 Å². The summed E-state index contributed by atoms with van der Waals surface area (Å²) in [7, 11) is 1.84. The number of aromatic nitrogens is 1. The van der Waals surface area contributed by atoms with E-state index in [1.165, 1.54) is 18.3 Å². The molecule has 4 rings (SSSR count). The van der Waals surface area contributed by atoms with Crippen LogP contribution in [0.1, 0.15) is 41.6 Å². The number of benzene rings is 2. The van der Waals surface area contributed by atoms with Crippen molar-refractivity contribution < 1.29 is 14.0 Å². The summed E-state index contributed by atoms with van der Waals surface area (Å²) in [6, 6.07) is 19.5. The van der Waals surface area contributed by atoms with Gasteiger partial charge in [0.05, 0.1) is 11.3 Å². The predicted octanol–water partition coefficient (Wildman–Crippen LogP) is 4.83. The van der Waals surface area contributed by atoms with E-state index in [4.69, 9.17) is 0 Å². The molecule has 1 saturated carbocycles. The average molecular weight is 446 g/mol. The Morgan fingerprint density at radius 2 is 1.88 bits per heavy atom. The molecule has 170 valence electrons. The molecule has 1 heterocycles. The molecule has 2 atom stereocenters. The van der Waals surface area contributed by atoms with E-state index < -0.39 is 0 Å². The highest BCUT2D eigenvalue weighted by Gasteiger charge is 2.30. The minimum Gasteiger partial charge on any atom is -0.349 e. The molecule has 1 aliphatic carbocycles. The van der Waals surface area contributed by atoms with Crippen LogP contribution in [0.15, 0.2) is 72.9 Å². The third-order valence-corrected chi connectivity index (χ3v) is 6.14. The molecule has 1 fully saturated rings. The molecule has 2 amide bonds. The molecule has 6 heteroatoms. The number of carbonyl (C=O) groups is 2. The highest BCUT2D eigenvalue weighted by molar-refractivity contribution is 5.94. The second-order valence-corrected chi connectivity index (χ2v) is 8.66. The molecular weight excluding hydrogens is 417 g/mol. The van der Waals surface area contributed by atoms with Crippen LogP contribution in [0.25, 0.3) is 11.3 Å². The van der Waals surface area contributed by atoms with E-state index >= 15 is 0 Å². The fourth-order valence-electron chi connectivity index (χ4n) is 4.41. The molecule has 0 radical (unpaired) electrons. The highest BCUT2D eigenvalue weighted by Crippen LogP contribution is 2.27. The molecular formula is C27H28FN3O2. The van der Waals surface area contributed by atoms with Gasteiger partial charge in [0.15, 0.2) is 0 Å². The summed E-state index contributed by atoms with van der Waals surface area (Å²) in [6.07, 6.45) is 4.74. The second kappa shape index (κ2) is 10.4. The van der Waals surface area contributed by atoms with Crippen LogP contribution in [0.5, 0.6) is 0 Å². The van der Waals surface area contributed by atoms with Crippen molar-refractivity contribution in [3.8, 4) is 11.3 Å². The number of hydrogen-bond acceptors (Lipinski definition) is 3. The lowest BCUT2D eigenvalue weighted by molar-refractivity contribution is -0.136. The number of pyridine rings is 1. The van der Waals surface area contributed by atoms with E-state index in [0.29, 0.717) is 29.8 Å². The number of carbonyl (C=O) groups excluding carboxylic acids is 2. The van der Waals surface area contributed by atoms with Gasteiger partial charge in [-0.05, 0) is 49.1 Å². The van der Waals surface area contributed by atoms with Gasteiger partial charge < -0.3 is 10.2 Å². The molecule has 5 nitrogen and oxygen atoms in total. The van der Waals surface area contributed by atoms with Crippen LogP contribution in [0, 0.1) is 11.7 Å². The molecule has 0 aliphatic heterocycles. The SMILES string of the molecule is CN(Cc1ccccc1)C(=O)C1CCCC(NC(=O)c2ccc(-c3cccc(F)c3)nc2)C1. The first-order valence-corrected chi connectivity index (χ1v) is 11.3. The van der Waals surface area contributed by atoms with Crippen LogP contribution < -0.4 is 5.32 Å². The number of rotatable bonds is 6. The number of nitrogens with zero attached hydrogens (tertiary/aromatic N) is 2. The maximum Gasteiger partial charge on any atom is 0.253 e. The van der Waals surface area contributed by atoms with E-state index in [2.05, 4.69) is 10.3 Å². The minimum atomic E-state index is -0.327. The van der Waals surface area contributed by atoms with E-state index in [1.54, 1.807) is 29.2 Å². The minimum absolute atomic E-state index is 0.0479. The Balaban J connectivity index is 1.34. The Hall–Kier alpha value is -3.54. The summed E-state index contributed by atoms with van der Waals surface area (Å²) in [6.45, 7) is 0.580. The van der Waals surface area contributed by atoms with Gasteiger partial charge >= 0.3 is 0 Å². The highest BCUT2D eigenvalue weighted by atomic mass is 19.1. The summed E-state index contributed by atoms with van der Waals surface area (Å²) >= 11 is 0. The van der Waals surface area contributed by atoms with Crippen LogP contribution in [0.2, 0.25) is 0 Å². The van der Waals surface area contributed by atoms with E-state index in [0.717, 1.165) is 24.8 Å². The predicted molar refractivity (Wildman–Crippen MR) is 126 cm³/mol. The molecule has 0 saturated heterocycles. The number of hydrogen-bond donors (Lipinski definition) is 1. The fraction of sp³-hybridized carbons (Fsp3) is 0.296. The summed E-state index contributed by atoms with van der Waals surface area (Å²) in [5.41, 5.74) is 2.82. The van der Waals surface area contributed by atoms with Gasteiger partial charge in [0.25, 0.3) is 5.91 Å². The zero-order valence-electron chi connectivity index (χ0n) is 18.7. The summed E-state index contributed by atoms with van der Waals surface area (Å²) in [4.78, 5) is 31.8. The summed E-state index contributed by atoms with van der Waals surface area (Å²) in [5, 5.41) is 3.07. The van der Waals surface area contributed by atoms with Crippen molar-refractivity contribution in [3.05, 3.63) is 89.9 Å². The average Bonchev–Trinajstić information content (AvgIpc) is 2.84. The Morgan fingerprint density at radius 1 is 1.06 bits per heavy atom. The van der Waals surface area contributed by atoms with Gasteiger partial charge in [0, 0.05) is 37.3 Å². The standard InChI is InChI=1S/C27H28FN3O2/c1-31(18-19-7-3-2-4-8-19)27(33)21-10-6-12-24(16-21)30-26(32)22-13-14-25(29-17-22)20-9-5-11-23(28)15-20/h2-5,7-9,11,13-15,17,21,24H,6,10,12,16,18H2,1H3,(H,30,32). The fourth-order valence-corrected chi connectivity index (χ4v) is 4.41. The van der Waals surface area contributed by atoms with Gasteiger partial charge in [-0.3, -0.25) is 14.6 Å². The van der Waals surface area contributed by atoms with Crippen LogP contribution in [0.3, 0.4) is 0 Å². The normalized spacial score (nSPS) is 17.9. The third kappa shape index (κ3) is 5.83. The van der Waals surface area contributed by atoms with E-state index in [1.807, 2.05) is 37.4 Å². The Labute approximate surface area is 193 Å². The Bertz CT molecular complexity index is 1100. The van der Waals surface area contributed by atoms with Crippen molar-refractivity contribution >= 4 is 11.8 Å². The van der Waals surface area contributed by atoms with Gasteiger partial charge in [-0.1, -0.05) is 48.9 Å². The van der Waals surface area contributed by atoms with Crippen LogP contribution in [-0.2, 0) is 11.3 Å². The lowest BCUT2D eigenvalue weighted by Crippen LogP contribution is -2.42. The van der Waals surface area contributed by atoms with Crippen LogP contribution >= 0.6 is 0 Å². The molecule has 2 unspecified atom stereocenters. The van der Waals surface area contributed by atoms with Crippen molar-refractivity contribution in [2.24, 2.45) is 5.92 Å². The zero-order chi connectivity index (χ0) is 23.2. The summed E-state index contributed by atoms with van der Waals surface area (Å²) < 4.78 is 13.4. The van der Waals surface area contributed by atoms with Crippen molar-refractivity contribution in [1.29, 1.82) is 0 Å². The van der Waals surface area contributed by atoms with E-state index in [9.17, 15) is 14.0 Å². The molecule has 2 aromatic carbocycles. The van der Waals surface area contributed by atoms with Crippen LogP contribution in [0.4, 0.5) is 4.39 Å². The lowest BCUT2D eigenvalue weighted by Gasteiger charge is -2.31. The van der Waals surface area contributed by atoms with Crippen molar-refractivity contribution in [2.75, 3.05) is 7.05 Å². The molecule has 0 spiro atoms. The van der Waals surface area contributed by atoms with Crippen LogP contribution in [-0.4, -0.2) is 34.8 Å². The Kier molecular flexibility index (Phi) is 7.13. The smallest absolute Gasteiger partial charge is 0.253 e. The lowest BCUT2D eigenvalue weighted by atomic mass is 9.84. The molecule has 1 aromatic heterocycles. The van der Waals surface area contributed by atoms with E-state index in [-0.39, 0.29) is 29.6 Å². The van der Waals surface area contributed by atoms with Crippen molar-refractivity contribution in [2.45, 2.75) is 38.3 Å². The quantitative estimate of drug-likeness (QED) is 0.591. The first-order valence-electron chi connectivity index (χ1n) is 11.3.